The van der Waals surface area contributed by atoms with Crippen LogP contribution in [0.5, 0.6) is 0 Å². The van der Waals surface area contributed by atoms with E-state index < -0.39 is 4.92 Å². The van der Waals surface area contributed by atoms with Crippen LogP contribution in [0.1, 0.15) is 13.3 Å². The summed E-state index contributed by atoms with van der Waals surface area (Å²) in [5.74, 6) is -0.244. The zero-order chi connectivity index (χ0) is 11.3. The molecule has 7 heteroatoms. The number of nitrogens with zero attached hydrogens (tertiary/aromatic N) is 3. The summed E-state index contributed by atoms with van der Waals surface area (Å²) in [7, 11) is 0. The van der Waals surface area contributed by atoms with Gasteiger partial charge < -0.3 is 20.0 Å². The number of aliphatic hydroxyl groups excluding tert-OH is 1. The largest absolute Gasteiger partial charge is 0.436 e. The Balaban J connectivity index is 2.50. The number of rotatable bonds is 6. The lowest BCUT2D eigenvalue weighted by Gasteiger charge is -2.10. The van der Waals surface area contributed by atoms with Crippen molar-refractivity contribution < 1.29 is 14.8 Å². The lowest BCUT2D eigenvalue weighted by Crippen LogP contribution is -2.14. The van der Waals surface area contributed by atoms with E-state index in [4.69, 9.17) is 9.84 Å². The Morgan fingerprint density at radius 3 is 3.13 bits per heavy atom. The zero-order valence-electron chi connectivity index (χ0n) is 8.37. The standard InChI is InChI=1S/C8H13N3O4/c1-7(2-5-12)15-6-10-4-3-9-8(10)11(13)14/h3-4,7,12H,2,5-6H2,1H3. The molecule has 0 aliphatic carbocycles. The van der Waals surface area contributed by atoms with Crippen molar-refractivity contribution >= 4 is 5.95 Å². The molecule has 84 valence electrons. The third-order valence-corrected chi connectivity index (χ3v) is 1.89. The summed E-state index contributed by atoms with van der Waals surface area (Å²) < 4.78 is 6.58. The normalized spacial score (nSPS) is 12.7. The van der Waals surface area contributed by atoms with Crippen molar-refractivity contribution in [1.29, 1.82) is 0 Å². The van der Waals surface area contributed by atoms with E-state index in [1.54, 1.807) is 6.92 Å². The molecule has 0 aliphatic heterocycles. The Labute approximate surface area is 86.5 Å². The van der Waals surface area contributed by atoms with Gasteiger partial charge in [0.05, 0.1) is 6.10 Å². The highest BCUT2D eigenvalue weighted by molar-refractivity contribution is 5.05. The second-order valence-corrected chi connectivity index (χ2v) is 3.07. The monoisotopic (exact) mass is 215 g/mol. The number of imidazole rings is 1. The molecule has 0 spiro atoms. The maximum atomic E-state index is 10.5. The smallest absolute Gasteiger partial charge is 0.396 e. The maximum absolute atomic E-state index is 10.5. The molecule has 0 saturated carbocycles. The van der Waals surface area contributed by atoms with Crippen LogP contribution in [0.2, 0.25) is 0 Å². The first-order valence-corrected chi connectivity index (χ1v) is 4.53. The molecular weight excluding hydrogens is 202 g/mol. The Morgan fingerprint density at radius 1 is 1.80 bits per heavy atom. The molecule has 1 N–H and O–H groups in total. The average molecular weight is 215 g/mol. The van der Waals surface area contributed by atoms with Gasteiger partial charge >= 0.3 is 5.95 Å². The van der Waals surface area contributed by atoms with Gasteiger partial charge in [-0.1, -0.05) is 4.98 Å². The lowest BCUT2D eigenvalue weighted by atomic mass is 10.3. The van der Waals surface area contributed by atoms with Crippen LogP contribution in [-0.4, -0.2) is 32.3 Å². The SMILES string of the molecule is CC(CCO)OCn1ccnc1[N+](=O)[O-]. The van der Waals surface area contributed by atoms with E-state index in [1.807, 2.05) is 0 Å². The number of aromatic nitrogens is 2. The first kappa shape index (κ1) is 11.6. The van der Waals surface area contributed by atoms with Crippen molar-refractivity contribution in [3.05, 3.63) is 22.5 Å². The van der Waals surface area contributed by atoms with Gasteiger partial charge in [-0.2, -0.15) is 0 Å². The maximum Gasteiger partial charge on any atom is 0.436 e. The molecule has 0 aliphatic rings. The quantitative estimate of drug-likeness (QED) is 0.552. The van der Waals surface area contributed by atoms with Gasteiger partial charge in [-0.15, -0.1) is 0 Å². The number of nitro groups is 1. The minimum Gasteiger partial charge on any atom is -0.396 e. The van der Waals surface area contributed by atoms with Gasteiger partial charge in [0.1, 0.15) is 12.4 Å². The second-order valence-electron chi connectivity index (χ2n) is 3.07. The van der Waals surface area contributed by atoms with Crippen LogP contribution in [0.3, 0.4) is 0 Å². The van der Waals surface area contributed by atoms with Crippen LogP contribution < -0.4 is 0 Å². The fraction of sp³-hybridized carbons (Fsp3) is 0.625. The fourth-order valence-corrected chi connectivity index (χ4v) is 1.05. The molecule has 0 saturated heterocycles. The Hall–Kier alpha value is -1.47. The lowest BCUT2D eigenvalue weighted by molar-refractivity contribution is -0.397. The van der Waals surface area contributed by atoms with Crippen LogP contribution >= 0.6 is 0 Å². The van der Waals surface area contributed by atoms with Crippen molar-refractivity contribution in [2.24, 2.45) is 0 Å². The van der Waals surface area contributed by atoms with Gasteiger partial charge in [-0.3, -0.25) is 0 Å². The molecular formula is C8H13N3O4. The first-order chi connectivity index (χ1) is 7.15. The number of ether oxygens (including phenoxy) is 1. The predicted molar refractivity (Wildman–Crippen MR) is 51.1 cm³/mol. The molecule has 7 nitrogen and oxygen atoms in total. The van der Waals surface area contributed by atoms with Crippen LogP contribution in [0.25, 0.3) is 0 Å². The summed E-state index contributed by atoms with van der Waals surface area (Å²) in [5.41, 5.74) is 0. The molecule has 0 bridgehead atoms. The molecule has 1 aromatic heterocycles. The van der Waals surface area contributed by atoms with Gasteiger partial charge in [-0.05, 0) is 18.3 Å². The highest BCUT2D eigenvalue weighted by Gasteiger charge is 2.14. The van der Waals surface area contributed by atoms with Gasteiger partial charge in [0.25, 0.3) is 0 Å². The summed E-state index contributed by atoms with van der Waals surface area (Å²) >= 11 is 0. The molecule has 1 atom stereocenters. The van der Waals surface area contributed by atoms with Gasteiger partial charge in [-0.25, -0.2) is 4.57 Å². The summed E-state index contributed by atoms with van der Waals surface area (Å²) in [6, 6.07) is 0. The van der Waals surface area contributed by atoms with Crippen molar-refractivity contribution in [3.8, 4) is 0 Å². The van der Waals surface area contributed by atoms with Crippen molar-refractivity contribution in [2.75, 3.05) is 6.61 Å². The van der Waals surface area contributed by atoms with Crippen LogP contribution in [0.15, 0.2) is 12.4 Å². The van der Waals surface area contributed by atoms with E-state index in [9.17, 15) is 10.1 Å². The van der Waals surface area contributed by atoms with E-state index in [0.717, 1.165) is 0 Å². The number of hydrogen-bond donors (Lipinski definition) is 1. The summed E-state index contributed by atoms with van der Waals surface area (Å²) in [6.07, 6.45) is 3.18. The van der Waals surface area contributed by atoms with E-state index in [0.29, 0.717) is 6.42 Å². The highest BCUT2D eigenvalue weighted by atomic mass is 16.6. The Kier molecular flexibility index (Phi) is 4.19. The van der Waals surface area contributed by atoms with Gasteiger partial charge in [0.2, 0.25) is 0 Å². The molecule has 1 heterocycles. The van der Waals surface area contributed by atoms with E-state index >= 15 is 0 Å². The molecule has 0 amide bonds. The Morgan fingerprint density at radius 2 is 2.53 bits per heavy atom. The highest BCUT2D eigenvalue weighted by Crippen LogP contribution is 2.08. The zero-order valence-corrected chi connectivity index (χ0v) is 8.37. The van der Waals surface area contributed by atoms with Crippen LogP contribution in [0.4, 0.5) is 5.95 Å². The Bertz CT molecular complexity index is 325. The van der Waals surface area contributed by atoms with E-state index in [2.05, 4.69) is 4.98 Å². The fourth-order valence-electron chi connectivity index (χ4n) is 1.05. The molecule has 1 unspecified atom stereocenters. The van der Waals surface area contributed by atoms with E-state index in [1.165, 1.54) is 17.0 Å². The third-order valence-electron chi connectivity index (χ3n) is 1.89. The first-order valence-electron chi connectivity index (χ1n) is 4.53. The topological polar surface area (TPSA) is 90.4 Å². The molecule has 0 radical (unpaired) electrons. The van der Waals surface area contributed by atoms with Crippen molar-refractivity contribution in [1.82, 2.24) is 9.55 Å². The van der Waals surface area contributed by atoms with Crippen LogP contribution in [-0.2, 0) is 11.5 Å². The molecule has 0 fully saturated rings. The number of aliphatic hydroxyl groups is 1. The summed E-state index contributed by atoms with van der Waals surface area (Å²) in [4.78, 5) is 13.5. The average Bonchev–Trinajstić information content (AvgIpc) is 2.63. The molecule has 1 rings (SSSR count). The second kappa shape index (κ2) is 5.42. The van der Waals surface area contributed by atoms with E-state index in [-0.39, 0.29) is 25.4 Å². The summed E-state index contributed by atoms with van der Waals surface area (Å²) in [5, 5.41) is 19.1. The minimum atomic E-state index is -0.569. The van der Waals surface area contributed by atoms with Crippen molar-refractivity contribution in [3.63, 3.8) is 0 Å². The van der Waals surface area contributed by atoms with Crippen LogP contribution in [0, 0.1) is 10.1 Å². The molecule has 0 aromatic carbocycles. The number of hydrogen-bond acceptors (Lipinski definition) is 5. The molecule has 1 aromatic rings. The molecule has 15 heavy (non-hydrogen) atoms. The van der Waals surface area contributed by atoms with Gasteiger partial charge in [0, 0.05) is 6.61 Å². The third kappa shape index (κ3) is 3.30. The minimum absolute atomic E-state index is 0.0349. The van der Waals surface area contributed by atoms with Crippen molar-refractivity contribution in [2.45, 2.75) is 26.2 Å². The predicted octanol–water partition coefficient (Wildman–Crippen LogP) is 0.536. The van der Waals surface area contributed by atoms with Gasteiger partial charge in [0.15, 0.2) is 6.73 Å². The summed E-state index contributed by atoms with van der Waals surface area (Å²) in [6.45, 7) is 1.89.